The largest absolute Gasteiger partial charge is 0.398 e. The van der Waals surface area contributed by atoms with Crippen LogP contribution in [-0.4, -0.2) is 11.5 Å². The van der Waals surface area contributed by atoms with Gasteiger partial charge in [0, 0.05) is 41.3 Å². The smallest absolute Gasteiger partial charge is 0.0445 e. The number of hydrogen-bond donors (Lipinski definition) is 1. The number of aromatic nitrogens is 1. The van der Waals surface area contributed by atoms with Crippen molar-refractivity contribution in [1.82, 2.24) is 4.98 Å². The monoisotopic (exact) mass is 353 g/mol. The molecule has 0 aliphatic carbocycles. The highest BCUT2D eigenvalue weighted by Gasteiger charge is 2.18. The molecule has 5 heteroatoms. The molecule has 1 aliphatic rings. The van der Waals surface area contributed by atoms with E-state index in [0.29, 0.717) is 0 Å². The fourth-order valence-corrected chi connectivity index (χ4v) is 3.07. The van der Waals surface area contributed by atoms with E-state index in [-0.39, 0.29) is 12.4 Å². The Hall–Kier alpha value is -1.26. The number of nitrogens with two attached hydrogens (primary N) is 1. The molecule has 0 unspecified atom stereocenters. The van der Waals surface area contributed by atoms with Gasteiger partial charge in [-0.25, -0.2) is 0 Å². The minimum absolute atomic E-state index is 0. The van der Waals surface area contributed by atoms with Crippen molar-refractivity contribution in [2.24, 2.45) is 0 Å². The second kappa shape index (κ2) is 6.46. The molecule has 3 rings (SSSR count). The number of benzene rings is 1. The maximum absolute atomic E-state index is 6.07. The molecule has 0 saturated heterocycles. The Morgan fingerprint density at radius 1 is 1.30 bits per heavy atom. The molecule has 0 spiro atoms. The summed E-state index contributed by atoms with van der Waals surface area (Å²) in [6.45, 7) is 1.95. The quantitative estimate of drug-likeness (QED) is 0.834. The number of nitrogens with zero attached hydrogens (tertiary/aromatic N) is 2. The number of halogens is 2. The Kier molecular flexibility index (Phi) is 4.89. The van der Waals surface area contributed by atoms with Crippen LogP contribution in [-0.2, 0) is 13.0 Å². The lowest BCUT2D eigenvalue weighted by molar-refractivity contribution is 0.691. The molecule has 2 heterocycles. The molecule has 1 aromatic heterocycles. The van der Waals surface area contributed by atoms with Gasteiger partial charge in [-0.05, 0) is 58.1 Å². The number of nitrogen functional groups attached to an aromatic ring is 1. The van der Waals surface area contributed by atoms with Gasteiger partial charge in [-0.1, -0.05) is 6.07 Å². The maximum atomic E-state index is 6.07. The molecule has 0 radical (unpaired) electrons. The van der Waals surface area contributed by atoms with Crippen molar-refractivity contribution in [2.75, 3.05) is 17.2 Å². The fraction of sp³-hybridized carbons (Fsp3) is 0.267. The van der Waals surface area contributed by atoms with Gasteiger partial charge in [0.15, 0.2) is 0 Å². The van der Waals surface area contributed by atoms with Gasteiger partial charge in [0.25, 0.3) is 0 Å². The summed E-state index contributed by atoms with van der Waals surface area (Å²) in [5.41, 5.74) is 10.8. The Morgan fingerprint density at radius 2 is 2.15 bits per heavy atom. The minimum Gasteiger partial charge on any atom is -0.398 e. The number of fused-ring (bicyclic) bond motifs is 1. The number of pyridine rings is 1. The average Bonchev–Trinajstić information content (AvgIpc) is 2.40. The van der Waals surface area contributed by atoms with Crippen LogP contribution < -0.4 is 10.6 Å². The van der Waals surface area contributed by atoms with Crippen LogP contribution in [0.3, 0.4) is 0 Å². The van der Waals surface area contributed by atoms with Gasteiger partial charge in [0.1, 0.15) is 0 Å². The van der Waals surface area contributed by atoms with Gasteiger partial charge < -0.3 is 10.6 Å². The molecule has 0 amide bonds. The topological polar surface area (TPSA) is 42.1 Å². The molecular weight excluding hydrogens is 338 g/mol. The third-order valence-corrected chi connectivity index (χ3v) is 3.95. The van der Waals surface area contributed by atoms with Crippen LogP contribution >= 0.6 is 28.3 Å². The van der Waals surface area contributed by atoms with Crippen LogP contribution in [0.1, 0.15) is 17.5 Å². The van der Waals surface area contributed by atoms with E-state index in [1.807, 2.05) is 24.5 Å². The predicted octanol–water partition coefficient (Wildman–Crippen LogP) is 3.80. The standard InChI is InChI=1S/C15H16BrN3.ClH/c16-12-7-11(8-18-9-12)10-19-6-2-3-13-14(17)4-1-5-15(13)19;/h1,4-5,7-9H,2-3,6,10,17H2;1H. The zero-order valence-corrected chi connectivity index (χ0v) is 13.5. The van der Waals surface area contributed by atoms with E-state index in [9.17, 15) is 0 Å². The molecule has 0 fully saturated rings. The van der Waals surface area contributed by atoms with Gasteiger partial charge in [0.05, 0.1) is 0 Å². The highest BCUT2D eigenvalue weighted by Crippen LogP contribution is 2.32. The highest BCUT2D eigenvalue weighted by atomic mass is 79.9. The molecular formula is C15H17BrClN3. The first-order valence-corrected chi connectivity index (χ1v) is 7.25. The van der Waals surface area contributed by atoms with Crippen LogP contribution in [0.5, 0.6) is 0 Å². The van der Waals surface area contributed by atoms with Crippen molar-refractivity contribution < 1.29 is 0 Å². The summed E-state index contributed by atoms with van der Waals surface area (Å²) in [7, 11) is 0. The zero-order chi connectivity index (χ0) is 13.2. The summed E-state index contributed by atoms with van der Waals surface area (Å²) < 4.78 is 1.02. The van der Waals surface area contributed by atoms with Crippen molar-refractivity contribution in [3.05, 3.63) is 52.3 Å². The lowest BCUT2D eigenvalue weighted by atomic mass is 9.99. The van der Waals surface area contributed by atoms with Crippen molar-refractivity contribution >= 4 is 39.7 Å². The van der Waals surface area contributed by atoms with E-state index in [4.69, 9.17) is 5.73 Å². The summed E-state index contributed by atoms with van der Waals surface area (Å²) in [5, 5.41) is 0. The fourth-order valence-electron chi connectivity index (χ4n) is 2.65. The van der Waals surface area contributed by atoms with Crippen LogP contribution in [0.25, 0.3) is 0 Å². The lowest BCUT2D eigenvalue weighted by Crippen LogP contribution is -2.29. The molecule has 0 saturated carbocycles. The van der Waals surface area contributed by atoms with Gasteiger partial charge >= 0.3 is 0 Å². The molecule has 106 valence electrons. The first kappa shape index (κ1) is 15.1. The molecule has 1 aliphatic heterocycles. The SMILES string of the molecule is Cl.Nc1cccc2c1CCCN2Cc1cncc(Br)c1. The van der Waals surface area contributed by atoms with Gasteiger partial charge in [-0.2, -0.15) is 0 Å². The Morgan fingerprint density at radius 3 is 2.95 bits per heavy atom. The summed E-state index contributed by atoms with van der Waals surface area (Å²) in [4.78, 5) is 6.61. The van der Waals surface area contributed by atoms with E-state index in [2.05, 4.69) is 37.9 Å². The first-order valence-electron chi connectivity index (χ1n) is 6.46. The van der Waals surface area contributed by atoms with Crippen LogP contribution in [0, 0.1) is 0 Å². The second-order valence-corrected chi connectivity index (χ2v) is 5.80. The number of hydrogen-bond acceptors (Lipinski definition) is 3. The van der Waals surface area contributed by atoms with Gasteiger partial charge in [0.2, 0.25) is 0 Å². The van der Waals surface area contributed by atoms with Crippen LogP contribution in [0.15, 0.2) is 41.1 Å². The summed E-state index contributed by atoms with van der Waals surface area (Å²) in [5.74, 6) is 0. The molecule has 2 N–H and O–H groups in total. The molecule has 20 heavy (non-hydrogen) atoms. The Bertz CT molecular complexity index is 603. The third kappa shape index (κ3) is 3.07. The van der Waals surface area contributed by atoms with Crippen molar-refractivity contribution in [1.29, 1.82) is 0 Å². The normalized spacial score (nSPS) is 13.6. The number of rotatable bonds is 2. The molecule has 0 atom stereocenters. The molecule has 3 nitrogen and oxygen atoms in total. The van der Waals surface area contributed by atoms with E-state index in [0.717, 1.165) is 36.1 Å². The van der Waals surface area contributed by atoms with Gasteiger partial charge in [-0.3, -0.25) is 4.98 Å². The van der Waals surface area contributed by atoms with Crippen molar-refractivity contribution in [3.8, 4) is 0 Å². The Labute approximate surface area is 133 Å². The van der Waals surface area contributed by atoms with E-state index in [1.165, 1.54) is 16.8 Å². The zero-order valence-electron chi connectivity index (χ0n) is 11.1. The van der Waals surface area contributed by atoms with Gasteiger partial charge in [-0.15, -0.1) is 12.4 Å². The first-order chi connectivity index (χ1) is 9.24. The summed E-state index contributed by atoms with van der Waals surface area (Å²) in [6.07, 6.45) is 5.97. The second-order valence-electron chi connectivity index (χ2n) is 4.88. The summed E-state index contributed by atoms with van der Waals surface area (Å²) >= 11 is 3.47. The van der Waals surface area contributed by atoms with E-state index >= 15 is 0 Å². The minimum atomic E-state index is 0. The summed E-state index contributed by atoms with van der Waals surface area (Å²) in [6, 6.07) is 8.30. The predicted molar refractivity (Wildman–Crippen MR) is 89.4 cm³/mol. The van der Waals surface area contributed by atoms with E-state index in [1.54, 1.807) is 0 Å². The average molecular weight is 355 g/mol. The van der Waals surface area contributed by atoms with Crippen LogP contribution in [0.2, 0.25) is 0 Å². The molecule has 0 bridgehead atoms. The highest BCUT2D eigenvalue weighted by molar-refractivity contribution is 9.10. The lowest BCUT2D eigenvalue weighted by Gasteiger charge is -2.32. The Balaban J connectivity index is 0.00000147. The third-order valence-electron chi connectivity index (χ3n) is 3.52. The van der Waals surface area contributed by atoms with Crippen molar-refractivity contribution in [3.63, 3.8) is 0 Å². The molecule has 2 aromatic rings. The van der Waals surface area contributed by atoms with E-state index < -0.39 is 0 Å². The maximum Gasteiger partial charge on any atom is 0.0445 e. The number of anilines is 2. The molecule has 1 aromatic carbocycles. The van der Waals surface area contributed by atoms with Crippen LogP contribution in [0.4, 0.5) is 11.4 Å². The van der Waals surface area contributed by atoms with Crippen molar-refractivity contribution in [2.45, 2.75) is 19.4 Å².